The predicted octanol–water partition coefficient (Wildman–Crippen LogP) is 0.333. The molecule has 0 unspecified atom stereocenters. The van der Waals surface area contributed by atoms with Gasteiger partial charge in [0.25, 0.3) is 5.91 Å². The van der Waals surface area contributed by atoms with Crippen molar-refractivity contribution in [1.82, 2.24) is 0 Å². The van der Waals surface area contributed by atoms with Crippen molar-refractivity contribution in [1.29, 1.82) is 0 Å². The fraction of sp³-hybridized carbons (Fsp3) is 0.458. The second-order valence-corrected chi connectivity index (χ2v) is 7.96. The maximum atomic E-state index is 12.6. The molecular weight excluding hydrogens is 394 g/mol. The fourth-order valence-corrected chi connectivity index (χ4v) is 4.07. The number of aryl methyl sites for hydroxylation is 1. The van der Waals surface area contributed by atoms with Crippen LogP contribution in [0.4, 0.5) is 5.69 Å². The lowest BCUT2D eigenvalue weighted by molar-refractivity contribution is -1.02. The normalized spacial score (nSPS) is 18.3. The molecule has 3 rings (SSSR count). The van der Waals surface area contributed by atoms with Crippen LogP contribution in [-0.2, 0) is 11.3 Å². The second-order valence-electron chi connectivity index (χ2n) is 7.96. The Morgan fingerprint density at radius 2 is 1.61 bits per heavy atom. The molecule has 0 saturated carbocycles. The largest absolute Gasteiger partial charge is 0.493 e. The lowest BCUT2D eigenvalue weighted by Crippen LogP contribution is -3.28. The van der Waals surface area contributed by atoms with Gasteiger partial charge in [-0.15, -0.1) is 0 Å². The van der Waals surface area contributed by atoms with E-state index < -0.39 is 0 Å². The summed E-state index contributed by atoms with van der Waals surface area (Å²) in [5.41, 5.74) is 3.23. The molecule has 7 nitrogen and oxygen atoms in total. The van der Waals surface area contributed by atoms with E-state index in [-0.39, 0.29) is 5.91 Å². The Balaban J connectivity index is 1.50. The molecule has 0 radical (unpaired) electrons. The SMILES string of the molecule is CCOc1ccccc1NC(=O)C[NH+]1CC[NH+](Cc2cc(OC)c(OC)cc2C)CC1. The van der Waals surface area contributed by atoms with Crippen molar-refractivity contribution >= 4 is 11.6 Å². The zero-order valence-electron chi connectivity index (χ0n) is 19.0. The highest BCUT2D eigenvalue weighted by molar-refractivity contribution is 5.92. The molecule has 0 aliphatic carbocycles. The molecule has 0 bridgehead atoms. The van der Waals surface area contributed by atoms with Gasteiger partial charge >= 0.3 is 0 Å². The summed E-state index contributed by atoms with van der Waals surface area (Å²) in [6.45, 7) is 10.1. The van der Waals surface area contributed by atoms with E-state index in [1.165, 1.54) is 20.9 Å². The first-order valence-corrected chi connectivity index (χ1v) is 10.9. The summed E-state index contributed by atoms with van der Waals surface area (Å²) in [5, 5.41) is 3.01. The molecule has 0 spiro atoms. The number of anilines is 1. The van der Waals surface area contributed by atoms with Crippen LogP contribution in [0.25, 0.3) is 0 Å². The van der Waals surface area contributed by atoms with Crippen molar-refractivity contribution in [3.63, 3.8) is 0 Å². The Labute approximate surface area is 184 Å². The van der Waals surface area contributed by atoms with Crippen LogP contribution in [0.1, 0.15) is 18.1 Å². The number of amides is 1. The molecule has 1 aliphatic heterocycles. The zero-order chi connectivity index (χ0) is 22.2. The summed E-state index contributed by atoms with van der Waals surface area (Å²) < 4.78 is 16.5. The van der Waals surface area contributed by atoms with E-state index in [1.54, 1.807) is 14.2 Å². The molecule has 2 aromatic carbocycles. The molecule has 0 aromatic heterocycles. The van der Waals surface area contributed by atoms with Crippen LogP contribution in [0.5, 0.6) is 17.2 Å². The molecule has 1 fully saturated rings. The Kier molecular flexibility index (Phi) is 8.14. The van der Waals surface area contributed by atoms with Crippen LogP contribution in [0, 0.1) is 6.92 Å². The van der Waals surface area contributed by atoms with Crippen molar-refractivity contribution in [2.75, 3.05) is 58.9 Å². The molecule has 168 valence electrons. The summed E-state index contributed by atoms with van der Waals surface area (Å²) in [4.78, 5) is 15.4. The summed E-state index contributed by atoms with van der Waals surface area (Å²) >= 11 is 0. The van der Waals surface area contributed by atoms with E-state index in [9.17, 15) is 4.79 Å². The van der Waals surface area contributed by atoms with Crippen molar-refractivity contribution in [2.45, 2.75) is 20.4 Å². The van der Waals surface area contributed by atoms with Gasteiger partial charge in [-0.25, -0.2) is 0 Å². The topological polar surface area (TPSA) is 65.7 Å². The van der Waals surface area contributed by atoms with E-state index in [2.05, 4.69) is 18.3 Å². The Hall–Kier alpha value is -2.77. The zero-order valence-corrected chi connectivity index (χ0v) is 19.0. The van der Waals surface area contributed by atoms with Gasteiger partial charge in [-0.3, -0.25) is 4.79 Å². The van der Waals surface area contributed by atoms with Crippen molar-refractivity contribution < 1.29 is 28.8 Å². The number of nitrogens with one attached hydrogen (secondary N) is 3. The van der Waals surface area contributed by atoms with Gasteiger partial charge in [-0.1, -0.05) is 12.1 Å². The van der Waals surface area contributed by atoms with Crippen LogP contribution < -0.4 is 29.3 Å². The van der Waals surface area contributed by atoms with Crippen molar-refractivity contribution in [2.24, 2.45) is 0 Å². The highest BCUT2D eigenvalue weighted by atomic mass is 16.5. The number of para-hydroxylation sites is 2. The summed E-state index contributed by atoms with van der Waals surface area (Å²) in [5.74, 6) is 2.29. The third-order valence-corrected chi connectivity index (χ3v) is 5.82. The van der Waals surface area contributed by atoms with Gasteiger partial charge in [0.1, 0.15) is 38.5 Å². The van der Waals surface area contributed by atoms with Crippen molar-refractivity contribution in [3.8, 4) is 17.2 Å². The first-order valence-electron chi connectivity index (χ1n) is 10.9. The molecule has 1 amide bonds. The quantitative estimate of drug-likeness (QED) is 0.538. The average Bonchev–Trinajstić information content (AvgIpc) is 2.77. The van der Waals surface area contributed by atoms with Crippen LogP contribution in [-0.4, -0.2) is 59.5 Å². The number of carbonyl (C=O) groups is 1. The standard InChI is InChI=1S/C24H33N3O4/c1-5-31-21-9-7-6-8-20(21)25-24(28)17-27-12-10-26(11-13-27)16-19-15-23(30-4)22(29-3)14-18(19)2/h6-9,14-15H,5,10-13,16-17H2,1-4H3,(H,25,28)/p+2. The number of hydrogen-bond donors (Lipinski definition) is 3. The van der Waals surface area contributed by atoms with E-state index >= 15 is 0 Å². The van der Waals surface area contributed by atoms with E-state index in [1.807, 2.05) is 37.3 Å². The molecular formula is C24H35N3O4+2. The van der Waals surface area contributed by atoms with Gasteiger partial charge < -0.3 is 29.3 Å². The third-order valence-electron chi connectivity index (χ3n) is 5.82. The predicted molar refractivity (Wildman–Crippen MR) is 120 cm³/mol. The van der Waals surface area contributed by atoms with Crippen LogP contribution in [0.2, 0.25) is 0 Å². The van der Waals surface area contributed by atoms with E-state index in [4.69, 9.17) is 14.2 Å². The molecule has 7 heteroatoms. The number of quaternary nitrogens is 2. The number of hydrogen-bond acceptors (Lipinski definition) is 4. The molecule has 1 heterocycles. The number of carbonyl (C=O) groups excluding carboxylic acids is 1. The highest BCUT2D eigenvalue weighted by Crippen LogP contribution is 2.30. The fourth-order valence-electron chi connectivity index (χ4n) is 4.07. The maximum Gasteiger partial charge on any atom is 0.279 e. The lowest BCUT2D eigenvalue weighted by atomic mass is 10.1. The molecule has 0 atom stereocenters. The van der Waals surface area contributed by atoms with Crippen LogP contribution >= 0.6 is 0 Å². The first kappa shape index (κ1) is 22.9. The number of ether oxygens (including phenoxy) is 3. The van der Waals surface area contributed by atoms with Crippen LogP contribution in [0.15, 0.2) is 36.4 Å². The Bertz CT molecular complexity index is 879. The van der Waals surface area contributed by atoms with Crippen LogP contribution in [0.3, 0.4) is 0 Å². The van der Waals surface area contributed by atoms with Gasteiger partial charge in [0, 0.05) is 5.56 Å². The van der Waals surface area contributed by atoms with Gasteiger partial charge in [0.15, 0.2) is 18.0 Å². The minimum absolute atomic E-state index is 0.0290. The van der Waals surface area contributed by atoms with Gasteiger partial charge in [0.2, 0.25) is 0 Å². The van der Waals surface area contributed by atoms with Gasteiger partial charge in [0.05, 0.1) is 26.5 Å². The van der Waals surface area contributed by atoms with Gasteiger partial charge in [-0.2, -0.15) is 0 Å². The first-order chi connectivity index (χ1) is 15.0. The summed E-state index contributed by atoms with van der Waals surface area (Å²) in [7, 11) is 3.33. The number of piperazine rings is 1. The Morgan fingerprint density at radius 3 is 2.29 bits per heavy atom. The summed E-state index contributed by atoms with van der Waals surface area (Å²) in [6.07, 6.45) is 0. The lowest BCUT2D eigenvalue weighted by Gasteiger charge is -2.30. The molecule has 1 aliphatic rings. The van der Waals surface area contributed by atoms with E-state index in [0.29, 0.717) is 18.9 Å². The van der Waals surface area contributed by atoms with E-state index in [0.717, 1.165) is 49.9 Å². The second kappa shape index (κ2) is 11.0. The van der Waals surface area contributed by atoms with Crippen molar-refractivity contribution in [3.05, 3.63) is 47.5 Å². The third kappa shape index (κ3) is 6.12. The molecule has 1 saturated heterocycles. The molecule has 3 N–H and O–H groups in total. The number of methoxy groups -OCH3 is 2. The minimum Gasteiger partial charge on any atom is -0.493 e. The maximum absolute atomic E-state index is 12.6. The Morgan fingerprint density at radius 1 is 0.968 bits per heavy atom. The average molecular weight is 430 g/mol. The van der Waals surface area contributed by atoms with Gasteiger partial charge in [-0.05, 0) is 43.7 Å². The summed E-state index contributed by atoms with van der Waals surface area (Å²) in [6, 6.07) is 11.7. The number of benzene rings is 2. The molecule has 2 aromatic rings. The smallest absolute Gasteiger partial charge is 0.279 e. The monoisotopic (exact) mass is 429 g/mol. The molecule has 31 heavy (non-hydrogen) atoms. The highest BCUT2D eigenvalue weighted by Gasteiger charge is 2.26. The number of rotatable bonds is 9. The minimum atomic E-state index is 0.0290.